The molecule has 0 spiro atoms. The fraction of sp³-hybridized carbons (Fsp3) is 0.222. The van der Waals surface area contributed by atoms with Crippen LogP contribution in [0.3, 0.4) is 0 Å². The molecule has 101 valence electrons. The Morgan fingerprint density at radius 2 is 1.70 bits per heavy atom. The number of nitrogens with zero attached hydrogens (tertiary/aromatic N) is 1. The van der Waals surface area contributed by atoms with E-state index in [4.69, 9.17) is 0 Å². The van der Waals surface area contributed by atoms with Crippen LogP contribution in [-0.2, 0) is 16.8 Å². The summed E-state index contributed by atoms with van der Waals surface area (Å²) in [5.74, 6) is 0.151. The highest BCUT2D eigenvalue weighted by molar-refractivity contribution is 6.07. The monoisotopic (exact) mass is 264 g/mol. The van der Waals surface area contributed by atoms with Crippen molar-refractivity contribution in [2.45, 2.75) is 25.3 Å². The molecular formula is C18H18NO. The zero-order valence-corrected chi connectivity index (χ0v) is 11.7. The average Bonchev–Trinajstić information content (AvgIpc) is 2.72. The lowest BCUT2D eigenvalue weighted by Gasteiger charge is -2.23. The zero-order chi connectivity index (χ0) is 14.2. The van der Waals surface area contributed by atoms with Gasteiger partial charge in [-0.25, -0.2) is 0 Å². The van der Waals surface area contributed by atoms with Crippen LogP contribution in [0.1, 0.15) is 24.5 Å². The van der Waals surface area contributed by atoms with Gasteiger partial charge in [-0.1, -0.05) is 55.5 Å². The van der Waals surface area contributed by atoms with E-state index in [0.29, 0.717) is 13.0 Å². The van der Waals surface area contributed by atoms with Gasteiger partial charge in [0.05, 0.1) is 12.0 Å². The van der Waals surface area contributed by atoms with E-state index in [0.717, 1.165) is 16.8 Å². The molecule has 0 aromatic heterocycles. The molecule has 20 heavy (non-hydrogen) atoms. The predicted molar refractivity (Wildman–Crippen MR) is 81.4 cm³/mol. The van der Waals surface area contributed by atoms with Gasteiger partial charge in [0.1, 0.15) is 0 Å². The summed E-state index contributed by atoms with van der Waals surface area (Å²) in [6.07, 6.45) is 0.578. The summed E-state index contributed by atoms with van der Waals surface area (Å²) < 4.78 is 0. The highest BCUT2D eigenvalue weighted by atomic mass is 16.2. The number of hydrogen-bond donors (Lipinski definition) is 0. The van der Waals surface area contributed by atoms with E-state index in [1.54, 1.807) is 0 Å². The minimum atomic E-state index is -0.495. The first-order valence-corrected chi connectivity index (χ1v) is 6.91. The number of fused-ring (bicyclic) bond motifs is 1. The summed E-state index contributed by atoms with van der Waals surface area (Å²) in [5, 5.41) is 0. The van der Waals surface area contributed by atoms with Gasteiger partial charge in [-0.15, -0.1) is 0 Å². The van der Waals surface area contributed by atoms with E-state index in [2.05, 4.69) is 19.1 Å². The number of rotatable bonds is 3. The minimum Gasteiger partial charge on any atom is -0.307 e. The van der Waals surface area contributed by atoms with Crippen molar-refractivity contribution in [3.05, 3.63) is 72.6 Å². The van der Waals surface area contributed by atoms with E-state index in [1.165, 1.54) is 0 Å². The van der Waals surface area contributed by atoms with Crippen LogP contribution < -0.4 is 4.90 Å². The third-order valence-electron chi connectivity index (χ3n) is 4.19. The van der Waals surface area contributed by atoms with E-state index in [-0.39, 0.29) is 5.91 Å². The molecule has 1 aliphatic heterocycles. The molecule has 1 amide bonds. The summed E-state index contributed by atoms with van der Waals surface area (Å²) >= 11 is 0. The van der Waals surface area contributed by atoms with Gasteiger partial charge in [0.25, 0.3) is 0 Å². The second-order valence-corrected chi connectivity index (χ2v) is 5.48. The van der Waals surface area contributed by atoms with Crippen molar-refractivity contribution in [2.75, 3.05) is 4.90 Å². The Bertz CT molecular complexity index is 635. The molecule has 1 radical (unpaired) electrons. The van der Waals surface area contributed by atoms with Gasteiger partial charge in [-0.05, 0) is 30.5 Å². The second-order valence-electron chi connectivity index (χ2n) is 5.48. The maximum absolute atomic E-state index is 12.8. The quantitative estimate of drug-likeness (QED) is 0.827. The molecule has 2 aromatic rings. The third-order valence-corrected chi connectivity index (χ3v) is 4.19. The Hall–Kier alpha value is -2.09. The van der Waals surface area contributed by atoms with Crippen molar-refractivity contribution < 1.29 is 4.79 Å². The lowest BCUT2D eigenvalue weighted by Crippen LogP contribution is -2.37. The lowest BCUT2D eigenvalue weighted by atomic mass is 9.81. The molecular weight excluding hydrogens is 246 g/mol. The van der Waals surface area contributed by atoms with Crippen molar-refractivity contribution >= 4 is 11.6 Å². The number of benzene rings is 2. The van der Waals surface area contributed by atoms with Crippen LogP contribution in [0.25, 0.3) is 0 Å². The Morgan fingerprint density at radius 3 is 2.40 bits per heavy atom. The van der Waals surface area contributed by atoms with Gasteiger partial charge in [0, 0.05) is 5.69 Å². The Labute approximate surface area is 120 Å². The molecule has 2 aromatic carbocycles. The molecule has 0 bridgehead atoms. The Balaban J connectivity index is 2.03. The number of para-hydroxylation sites is 1. The number of anilines is 1. The standard InChI is InChI=1S/C18H18NO/c1-3-18(2)15-11-7-8-12-16(15)19(17(18)20)13-14-9-5-4-6-10-14/h4-12H,1,3,13H2,2H3. The lowest BCUT2D eigenvalue weighted by molar-refractivity contribution is -0.122. The number of carbonyl (C=O) groups excluding carboxylic acids is 1. The number of hydrogen-bond acceptors (Lipinski definition) is 1. The summed E-state index contributed by atoms with van der Waals surface area (Å²) in [6, 6.07) is 18.1. The SMILES string of the molecule is [CH2]CC1(C)C(=O)N(Cc2ccccc2)c2ccccc21. The van der Waals surface area contributed by atoms with Crippen LogP contribution in [0.5, 0.6) is 0 Å². The maximum Gasteiger partial charge on any atom is 0.237 e. The summed E-state index contributed by atoms with van der Waals surface area (Å²) in [4.78, 5) is 14.7. The van der Waals surface area contributed by atoms with Gasteiger partial charge < -0.3 is 4.90 Å². The topological polar surface area (TPSA) is 20.3 Å². The highest BCUT2D eigenvalue weighted by Crippen LogP contribution is 2.44. The zero-order valence-electron chi connectivity index (χ0n) is 11.7. The summed E-state index contributed by atoms with van der Waals surface area (Å²) in [6.45, 7) is 6.59. The smallest absolute Gasteiger partial charge is 0.237 e. The molecule has 0 saturated heterocycles. The summed E-state index contributed by atoms with van der Waals surface area (Å²) in [7, 11) is 0. The molecule has 0 fully saturated rings. The van der Waals surface area contributed by atoms with E-state index in [1.807, 2.05) is 54.3 Å². The van der Waals surface area contributed by atoms with E-state index in [9.17, 15) is 4.79 Å². The van der Waals surface area contributed by atoms with Crippen molar-refractivity contribution in [3.63, 3.8) is 0 Å². The van der Waals surface area contributed by atoms with E-state index >= 15 is 0 Å². The maximum atomic E-state index is 12.8. The van der Waals surface area contributed by atoms with Crippen LogP contribution in [0.2, 0.25) is 0 Å². The Kier molecular flexibility index (Phi) is 3.09. The van der Waals surface area contributed by atoms with E-state index < -0.39 is 5.41 Å². The number of carbonyl (C=O) groups is 1. The van der Waals surface area contributed by atoms with Crippen molar-refractivity contribution in [2.24, 2.45) is 0 Å². The Morgan fingerprint density at radius 1 is 1.05 bits per heavy atom. The van der Waals surface area contributed by atoms with Gasteiger partial charge in [-0.3, -0.25) is 4.79 Å². The van der Waals surface area contributed by atoms with Crippen LogP contribution in [-0.4, -0.2) is 5.91 Å². The predicted octanol–water partition coefficient (Wildman–Crippen LogP) is 3.72. The van der Waals surface area contributed by atoms with Crippen molar-refractivity contribution in [3.8, 4) is 0 Å². The molecule has 1 unspecified atom stereocenters. The summed E-state index contributed by atoms with van der Waals surface area (Å²) in [5.41, 5.74) is 2.76. The van der Waals surface area contributed by atoms with Crippen molar-refractivity contribution in [1.29, 1.82) is 0 Å². The first-order valence-electron chi connectivity index (χ1n) is 6.91. The van der Waals surface area contributed by atoms with Gasteiger partial charge in [0.15, 0.2) is 0 Å². The third kappa shape index (κ3) is 1.83. The molecule has 0 saturated carbocycles. The average molecular weight is 264 g/mol. The molecule has 0 aliphatic carbocycles. The van der Waals surface area contributed by atoms with Gasteiger partial charge in [-0.2, -0.15) is 0 Å². The van der Waals surface area contributed by atoms with Gasteiger partial charge in [0.2, 0.25) is 5.91 Å². The molecule has 1 aliphatic rings. The molecule has 0 N–H and O–H groups in total. The molecule has 1 atom stereocenters. The molecule has 3 rings (SSSR count). The fourth-order valence-electron chi connectivity index (χ4n) is 2.86. The van der Waals surface area contributed by atoms with Crippen LogP contribution in [0.15, 0.2) is 54.6 Å². The highest BCUT2D eigenvalue weighted by Gasteiger charge is 2.45. The molecule has 2 heteroatoms. The van der Waals surface area contributed by atoms with Crippen LogP contribution in [0.4, 0.5) is 5.69 Å². The van der Waals surface area contributed by atoms with Gasteiger partial charge >= 0.3 is 0 Å². The number of amides is 1. The fourth-order valence-corrected chi connectivity index (χ4v) is 2.86. The second kappa shape index (κ2) is 4.78. The normalized spacial score (nSPS) is 21.1. The largest absolute Gasteiger partial charge is 0.307 e. The molecule has 1 heterocycles. The first kappa shape index (κ1) is 12.9. The van der Waals surface area contributed by atoms with Crippen LogP contribution >= 0.6 is 0 Å². The van der Waals surface area contributed by atoms with Crippen molar-refractivity contribution in [1.82, 2.24) is 0 Å². The minimum absolute atomic E-state index is 0.151. The molecule has 2 nitrogen and oxygen atoms in total. The first-order chi connectivity index (χ1) is 9.66. The van der Waals surface area contributed by atoms with Crippen LogP contribution in [0, 0.1) is 6.92 Å².